The molecule has 1 aromatic rings. The molecule has 0 radical (unpaired) electrons. The minimum Gasteiger partial charge on any atom is -0.390 e. The number of hydrogen-bond acceptors (Lipinski definition) is 3. The van der Waals surface area contributed by atoms with Gasteiger partial charge in [-0.05, 0) is 18.6 Å². The number of aliphatic hydroxyl groups excluding tert-OH is 2. The maximum absolute atomic E-state index is 9.48. The molecule has 12 heavy (non-hydrogen) atoms. The normalized spacial score (nSPS) is 15.6. The number of aromatic nitrogens is 1. The summed E-state index contributed by atoms with van der Waals surface area (Å²) in [6.07, 6.45) is 0.537. The van der Waals surface area contributed by atoms with Crippen LogP contribution in [0.3, 0.4) is 0 Å². The second-order valence-electron chi connectivity index (χ2n) is 2.68. The summed E-state index contributed by atoms with van der Waals surface area (Å²) in [5.41, 5.74) is 0.520. The minimum absolute atomic E-state index is 0.520. The molecule has 0 aliphatic rings. The van der Waals surface area contributed by atoms with E-state index < -0.39 is 12.2 Å². The monoisotopic (exact) mass is 167 g/mol. The van der Waals surface area contributed by atoms with Crippen LogP contribution in [-0.4, -0.2) is 21.3 Å². The van der Waals surface area contributed by atoms with Gasteiger partial charge in [0.2, 0.25) is 0 Å². The van der Waals surface area contributed by atoms with Crippen LogP contribution in [0.1, 0.15) is 25.1 Å². The molecule has 0 bridgehead atoms. The Morgan fingerprint density at radius 2 is 2.17 bits per heavy atom. The van der Waals surface area contributed by atoms with Crippen LogP contribution in [0.5, 0.6) is 0 Å². The van der Waals surface area contributed by atoms with Gasteiger partial charge in [-0.15, -0.1) is 0 Å². The highest BCUT2D eigenvalue weighted by atomic mass is 16.3. The Morgan fingerprint density at radius 3 is 2.67 bits per heavy atom. The number of nitrogens with zero attached hydrogens (tertiary/aromatic N) is 1. The zero-order valence-electron chi connectivity index (χ0n) is 7.01. The molecule has 0 amide bonds. The zero-order chi connectivity index (χ0) is 8.97. The maximum atomic E-state index is 9.48. The summed E-state index contributed by atoms with van der Waals surface area (Å²) < 4.78 is 0. The van der Waals surface area contributed by atoms with Gasteiger partial charge in [-0.2, -0.15) is 0 Å². The molecule has 66 valence electrons. The standard InChI is InChI=1S/C9H13NO2/c1-2-8(11)9(12)7-5-3-4-6-10-7/h3-6,8-9,11-12H,2H2,1H3. The van der Waals surface area contributed by atoms with Crippen LogP contribution in [0, 0.1) is 0 Å². The lowest BCUT2D eigenvalue weighted by molar-refractivity contribution is 0.0139. The second kappa shape index (κ2) is 4.18. The quantitative estimate of drug-likeness (QED) is 0.702. The van der Waals surface area contributed by atoms with Crippen LogP contribution in [0.25, 0.3) is 0 Å². The Labute approximate surface area is 71.7 Å². The third kappa shape index (κ3) is 2.03. The molecule has 1 rings (SSSR count). The average Bonchev–Trinajstić information content (AvgIpc) is 2.17. The molecular formula is C9H13NO2. The minimum atomic E-state index is -0.865. The summed E-state index contributed by atoms with van der Waals surface area (Å²) in [6.45, 7) is 1.82. The van der Waals surface area contributed by atoms with Gasteiger partial charge >= 0.3 is 0 Å². The Kier molecular flexibility index (Phi) is 3.19. The predicted octanol–water partition coefficient (Wildman–Crippen LogP) is 0.886. The summed E-state index contributed by atoms with van der Waals surface area (Å²) in [4.78, 5) is 3.94. The summed E-state index contributed by atoms with van der Waals surface area (Å²) in [7, 11) is 0. The summed E-state index contributed by atoms with van der Waals surface area (Å²) in [6, 6.07) is 5.26. The van der Waals surface area contributed by atoms with Crippen molar-refractivity contribution in [1.29, 1.82) is 0 Å². The van der Waals surface area contributed by atoms with Crippen LogP contribution >= 0.6 is 0 Å². The fourth-order valence-electron chi connectivity index (χ4n) is 0.971. The Morgan fingerprint density at radius 1 is 1.42 bits per heavy atom. The van der Waals surface area contributed by atoms with Gasteiger partial charge in [-0.3, -0.25) is 4.98 Å². The van der Waals surface area contributed by atoms with Crippen LogP contribution in [0.15, 0.2) is 24.4 Å². The highest BCUT2D eigenvalue weighted by Gasteiger charge is 2.16. The van der Waals surface area contributed by atoms with Crippen molar-refractivity contribution < 1.29 is 10.2 Å². The molecule has 3 nitrogen and oxygen atoms in total. The Hall–Kier alpha value is -0.930. The number of hydrogen-bond donors (Lipinski definition) is 2. The SMILES string of the molecule is CCC(O)C(O)c1ccccn1. The largest absolute Gasteiger partial charge is 0.390 e. The van der Waals surface area contributed by atoms with E-state index in [-0.39, 0.29) is 0 Å². The predicted molar refractivity (Wildman–Crippen MR) is 45.5 cm³/mol. The first-order chi connectivity index (χ1) is 5.75. The van der Waals surface area contributed by atoms with Crippen molar-refractivity contribution in [3.63, 3.8) is 0 Å². The topological polar surface area (TPSA) is 53.4 Å². The van der Waals surface area contributed by atoms with Crippen molar-refractivity contribution >= 4 is 0 Å². The van der Waals surface area contributed by atoms with Crippen LogP contribution < -0.4 is 0 Å². The van der Waals surface area contributed by atoms with E-state index in [2.05, 4.69) is 4.98 Å². The van der Waals surface area contributed by atoms with Gasteiger partial charge in [0.05, 0.1) is 11.8 Å². The molecule has 0 saturated carbocycles. The molecule has 0 saturated heterocycles. The molecule has 1 aromatic heterocycles. The molecule has 2 N–H and O–H groups in total. The molecular weight excluding hydrogens is 154 g/mol. The van der Waals surface area contributed by atoms with Crippen molar-refractivity contribution in [3.8, 4) is 0 Å². The van der Waals surface area contributed by atoms with Gasteiger partial charge in [0.15, 0.2) is 0 Å². The summed E-state index contributed by atoms with van der Waals surface area (Å²) >= 11 is 0. The third-order valence-electron chi connectivity index (χ3n) is 1.77. The molecule has 0 aliphatic carbocycles. The van der Waals surface area contributed by atoms with Gasteiger partial charge in [-0.25, -0.2) is 0 Å². The second-order valence-corrected chi connectivity index (χ2v) is 2.68. The average molecular weight is 167 g/mol. The van der Waals surface area contributed by atoms with Gasteiger partial charge in [0, 0.05) is 6.20 Å². The van der Waals surface area contributed by atoms with E-state index in [9.17, 15) is 10.2 Å². The number of aliphatic hydroxyl groups is 2. The van der Waals surface area contributed by atoms with Crippen molar-refractivity contribution in [2.75, 3.05) is 0 Å². The molecule has 0 aromatic carbocycles. The first-order valence-corrected chi connectivity index (χ1v) is 4.02. The summed E-state index contributed by atoms with van der Waals surface area (Å²) in [5, 5.41) is 18.8. The lowest BCUT2D eigenvalue weighted by Crippen LogP contribution is -2.17. The summed E-state index contributed by atoms with van der Waals surface area (Å²) in [5.74, 6) is 0. The van der Waals surface area contributed by atoms with Crippen molar-refractivity contribution in [2.24, 2.45) is 0 Å². The van der Waals surface area contributed by atoms with Crippen LogP contribution in [0.2, 0.25) is 0 Å². The first-order valence-electron chi connectivity index (χ1n) is 4.02. The lowest BCUT2D eigenvalue weighted by Gasteiger charge is -2.14. The van der Waals surface area contributed by atoms with Crippen molar-refractivity contribution in [2.45, 2.75) is 25.6 Å². The van der Waals surface area contributed by atoms with Gasteiger partial charge in [-0.1, -0.05) is 13.0 Å². The molecule has 3 heteroatoms. The van der Waals surface area contributed by atoms with E-state index >= 15 is 0 Å². The fraction of sp³-hybridized carbons (Fsp3) is 0.444. The third-order valence-corrected chi connectivity index (χ3v) is 1.77. The molecule has 0 spiro atoms. The lowest BCUT2D eigenvalue weighted by atomic mass is 10.1. The van der Waals surface area contributed by atoms with E-state index in [4.69, 9.17) is 0 Å². The van der Waals surface area contributed by atoms with Gasteiger partial charge in [0.1, 0.15) is 6.10 Å². The molecule has 0 aliphatic heterocycles. The van der Waals surface area contributed by atoms with Crippen molar-refractivity contribution in [3.05, 3.63) is 30.1 Å². The highest BCUT2D eigenvalue weighted by molar-refractivity contribution is 5.07. The Balaban J connectivity index is 2.71. The smallest absolute Gasteiger partial charge is 0.122 e. The Bertz CT molecular complexity index is 225. The van der Waals surface area contributed by atoms with Crippen LogP contribution in [-0.2, 0) is 0 Å². The molecule has 0 fully saturated rings. The van der Waals surface area contributed by atoms with E-state index in [0.717, 1.165) is 0 Å². The number of rotatable bonds is 3. The number of pyridine rings is 1. The molecule has 1 heterocycles. The van der Waals surface area contributed by atoms with Crippen LogP contribution in [0.4, 0.5) is 0 Å². The highest BCUT2D eigenvalue weighted by Crippen LogP contribution is 2.15. The first kappa shape index (κ1) is 9.16. The van der Waals surface area contributed by atoms with E-state index in [0.29, 0.717) is 12.1 Å². The zero-order valence-corrected chi connectivity index (χ0v) is 7.01. The fourth-order valence-corrected chi connectivity index (χ4v) is 0.971. The maximum Gasteiger partial charge on any atom is 0.122 e. The van der Waals surface area contributed by atoms with Crippen molar-refractivity contribution in [1.82, 2.24) is 4.98 Å². The van der Waals surface area contributed by atoms with E-state index in [1.165, 1.54) is 0 Å². The molecule has 2 atom stereocenters. The van der Waals surface area contributed by atoms with E-state index in [1.54, 1.807) is 24.4 Å². The van der Waals surface area contributed by atoms with Gasteiger partial charge in [0.25, 0.3) is 0 Å². The van der Waals surface area contributed by atoms with Gasteiger partial charge < -0.3 is 10.2 Å². The van der Waals surface area contributed by atoms with E-state index in [1.807, 2.05) is 6.92 Å². The molecule has 2 unspecified atom stereocenters.